The van der Waals surface area contributed by atoms with E-state index in [9.17, 15) is 0 Å². The molecule has 1 aromatic carbocycles. The molecule has 6 heteroatoms. The van der Waals surface area contributed by atoms with E-state index in [4.69, 9.17) is 17.0 Å². The highest BCUT2D eigenvalue weighted by atomic mass is 32.1. The number of morpholine rings is 1. The second-order valence-corrected chi connectivity index (χ2v) is 5.64. The number of para-hydroxylation sites is 1. The first-order valence-corrected chi connectivity index (χ1v) is 7.91. The molecule has 0 unspecified atom stereocenters. The van der Waals surface area contributed by atoms with Crippen LogP contribution >= 0.6 is 12.2 Å². The number of quaternary nitrogens is 1. The largest absolute Gasteiger partial charge is 0.370 e. The topological polar surface area (TPSA) is 41.0 Å². The van der Waals surface area contributed by atoms with E-state index >= 15 is 0 Å². The summed E-state index contributed by atoms with van der Waals surface area (Å²) in [6.07, 6.45) is 1.12. The van der Waals surface area contributed by atoms with Gasteiger partial charge in [-0.2, -0.15) is 0 Å². The summed E-state index contributed by atoms with van der Waals surface area (Å²) < 4.78 is 5.36. The average Bonchev–Trinajstić information content (AvgIpc) is 2.53. The van der Waals surface area contributed by atoms with Crippen LogP contribution in [0.3, 0.4) is 0 Å². The Hall–Kier alpha value is -1.37. The molecule has 0 amide bonds. The molecule has 1 saturated heterocycles. The van der Waals surface area contributed by atoms with E-state index in [1.807, 2.05) is 42.4 Å². The molecular formula is C15H25N4OS+. The molecule has 2 rings (SSSR count). The lowest BCUT2D eigenvalue weighted by atomic mass is 10.3. The summed E-state index contributed by atoms with van der Waals surface area (Å²) in [6, 6.07) is 10.1. The summed E-state index contributed by atoms with van der Waals surface area (Å²) in [5.41, 5.74) is 4.24. The molecule has 3 N–H and O–H groups in total. The molecule has 1 fully saturated rings. The van der Waals surface area contributed by atoms with Crippen LogP contribution in [0.2, 0.25) is 0 Å². The highest BCUT2D eigenvalue weighted by Crippen LogP contribution is 2.07. The van der Waals surface area contributed by atoms with Crippen molar-refractivity contribution in [3.8, 4) is 0 Å². The van der Waals surface area contributed by atoms with Crippen LogP contribution in [0, 0.1) is 0 Å². The van der Waals surface area contributed by atoms with Crippen molar-refractivity contribution in [3.05, 3.63) is 30.3 Å². The monoisotopic (exact) mass is 309 g/mol. The fourth-order valence-electron chi connectivity index (χ4n) is 2.36. The third kappa shape index (κ3) is 5.87. The lowest BCUT2D eigenvalue weighted by Crippen LogP contribution is -3.14. The minimum atomic E-state index is 0.665. The van der Waals surface area contributed by atoms with Crippen LogP contribution < -0.4 is 20.7 Å². The first kappa shape index (κ1) is 16.0. The minimum Gasteiger partial charge on any atom is -0.370 e. The van der Waals surface area contributed by atoms with Crippen LogP contribution in [-0.2, 0) is 4.74 Å². The number of hydrazine groups is 1. The van der Waals surface area contributed by atoms with E-state index in [0.29, 0.717) is 5.11 Å². The summed E-state index contributed by atoms with van der Waals surface area (Å²) in [6.45, 7) is 6.11. The Kier molecular flexibility index (Phi) is 6.72. The van der Waals surface area contributed by atoms with Crippen LogP contribution in [0.1, 0.15) is 6.42 Å². The van der Waals surface area contributed by atoms with Crippen molar-refractivity contribution < 1.29 is 9.64 Å². The number of nitrogens with one attached hydrogen (secondary N) is 3. The van der Waals surface area contributed by atoms with Crippen LogP contribution in [0.25, 0.3) is 0 Å². The summed E-state index contributed by atoms with van der Waals surface area (Å²) in [5, 5.41) is 5.84. The van der Waals surface area contributed by atoms with Gasteiger partial charge >= 0.3 is 0 Å². The fourth-order valence-corrected chi connectivity index (χ4v) is 2.60. The number of anilines is 1. The van der Waals surface area contributed by atoms with Crippen LogP contribution in [0.15, 0.2) is 30.3 Å². The zero-order valence-corrected chi connectivity index (χ0v) is 13.4. The summed E-state index contributed by atoms with van der Waals surface area (Å²) in [7, 11) is 1.96. The Morgan fingerprint density at radius 1 is 1.29 bits per heavy atom. The third-order valence-corrected chi connectivity index (χ3v) is 3.84. The smallest absolute Gasteiger partial charge is 0.185 e. The molecule has 1 heterocycles. The van der Waals surface area contributed by atoms with Gasteiger partial charge in [0.15, 0.2) is 5.11 Å². The Balaban J connectivity index is 1.59. The molecule has 0 atom stereocenters. The lowest BCUT2D eigenvalue weighted by Gasteiger charge is -2.24. The molecule has 21 heavy (non-hydrogen) atoms. The van der Waals surface area contributed by atoms with Crippen molar-refractivity contribution in [2.75, 3.05) is 51.4 Å². The van der Waals surface area contributed by atoms with E-state index in [1.54, 1.807) is 4.90 Å². The standard InChI is InChI=1S/C15H24N4OS/c1-18(14-6-3-2-4-7-14)17-15(21)16-8-5-9-19-10-12-20-13-11-19/h2-4,6-7H,5,8-13H2,1H3,(H2,16,17,21)/p+1. The highest BCUT2D eigenvalue weighted by molar-refractivity contribution is 7.80. The molecule has 0 radical (unpaired) electrons. The Bertz CT molecular complexity index is 423. The normalized spacial score (nSPS) is 15.5. The summed E-state index contributed by atoms with van der Waals surface area (Å²) in [5.74, 6) is 0. The van der Waals surface area contributed by atoms with Gasteiger partial charge in [0.05, 0.1) is 25.4 Å². The Morgan fingerprint density at radius 3 is 2.71 bits per heavy atom. The molecule has 0 saturated carbocycles. The zero-order chi connectivity index (χ0) is 14.9. The van der Waals surface area contributed by atoms with Gasteiger partial charge in [0.2, 0.25) is 0 Å². The van der Waals surface area contributed by atoms with E-state index in [2.05, 4.69) is 10.7 Å². The van der Waals surface area contributed by atoms with E-state index in [0.717, 1.165) is 45.0 Å². The number of ether oxygens (including phenoxy) is 1. The van der Waals surface area contributed by atoms with E-state index in [-0.39, 0.29) is 0 Å². The van der Waals surface area contributed by atoms with Crippen LogP contribution in [0.5, 0.6) is 0 Å². The van der Waals surface area contributed by atoms with Gasteiger partial charge in [0.1, 0.15) is 13.1 Å². The second kappa shape index (κ2) is 8.81. The summed E-state index contributed by atoms with van der Waals surface area (Å²) in [4.78, 5) is 1.63. The van der Waals surface area contributed by atoms with Gasteiger partial charge in [0, 0.05) is 20.0 Å². The van der Waals surface area contributed by atoms with Gasteiger partial charge in [-0.3, -0.25) is 10.4 Å². The van der Waals surface area contributed by atoms with Gasteiger partial charge in [-0.05, 0) is 24.4 Å². The quantitative estimate of drug-likeness (QED) is 0.386. The van der Waals surface area contributed by atoms with Crippen LogP contribution in [0.4, 0.5) is 5.69 Å². The first-order chi connectivity index (χ1) is 10.3. The van der Waals surface area contributed by atoms with Crippen molar-refractivity contribution in [2.24, 2.45) is 0 Å². The van der Waals surface area contributed by atoms with E-state index < -0.39 is 0 Å². The van der Waals surface area contributed by atoms with Crippen molar-refractivity contribution >= 4 is 23.0 Å². The Morgan fingerprint density at radius 2 is 2.00 bits per heavy atom. The van der Waals surface area contributed by atoms with Gasteiger partial charge in [0.25, 0.3) is 0 Å². The molecule has 1 aliphatic heterocycles. The molecule has 0 bridgehead atoms. The number of nitrogens with zero attached hydrogens (tertiary/aromatic N) is 1. The number of rotatable bonds is 6. The van der Waals surface area contributed by atoms with Crippen molar-refractivity contribution in [2.45, 2.75) is 6.42 Å². The molecular weight excluding hydrogens is 284 g/mol. The number of hydrogen-bond acceptors (Lipinski definition) is 3. The molecule has 5 nitrogen and oxygen atoms in total. The van der Waals surface area contributed by atoms with Crippen molar-refractivity contribution in [1.82, 2.24) is 10.7 Å². The maximum atomic E-state index is 5.36. The average molecular weight is 309 g/mol. The van der Waals surface area contributed by atoms with E-state index in [1.165, 1.54) is 6.54 Å². The van der Waals surface area contributed by atoms with Crippen LogP contribution in [-0.4, -0.2) is 51.6 Å². The van der Waals surface area contributed by atoms with Crippen molar-refractivity contribution in [1.29, 1.82) is 0 Å². The molecule has 0 aromatic heterocycles. The predicted molar refractivity (Wildman–Crippen MR) is 89.6 cm³/mol. The maximum absolute atomic E-state index is 5.36. The first-order valence-electron chi connectivity index (χ1n) is 7.50. The minimum absolute atomic E-state index is 0.665. The van der Waals surface area contributed by atoms with Gasteiger partial charge in [-0.25, -0.2) is 0 Å². The van der Waals surface area contributed by atoms with Gasteiger partial charge in [-0.1, -0.05) is 18.2 Å². The predicted octanol–water partition coefficient (Wildman–Crippen LogP) is -0.193. The fraction of sp³-hybridized carbons (Fsp3) is 0.533. The molecule has 116 valence electrons. The third-order valence-electron chi connectivity index (χ3n) is 3.61. The highest BCUT2D eigenvalue weighted by Gasteiger charge is 2.12. The summed E-state index contributed by atoms with van der Waals surface area (Å²) >= 11 is 5.31. The Labute approximate surface area is 132 Å². The lowest BCUT2D eigenvalue weighted by molar-refractivity contribution is -0.908. The number of thiocarbonyl (C=S) groups is 1. The van der Waals surface area contributed by atoms with Gasteiger partial charge in [-0.15, -0.1) is 0 Å². The second-order valence-electron chi connectivity index (χ2n) is 5.23. The number of benzene rings is 1. The molecule has 0 spiro atoms. The number of hydrogen-bond donors (Lipinski definition) is 3. The van der Waals surface area contributed by atoms with Crippen molar-refractivity contribution in [3.63, 3.8) is 0 Å². The molecule has 0 aliphatic carbocycles. The molecule has 1 aromatic rings. The molecule has 1 aliphatic rings. The zero-order valence-electron chi connectivity index (χ0n) is 12.6. The SMILES string of the molecule is CN(NC(=S)NCCC[NH+]1CCOCC1)c1ccccc1. The maximum Gasteiger partial charge on any atom is 0.185 e. The van der Waals surface area contributed by atoms with Gasteiger partial charge < -0.3 is 15.0 Å².